The molecule has 0 radical (unpaired) electrons. The van der Waals surface area contributed by atoms with E-state index in [-0.39, 0.29) is 19.5 Å². The quantitative estimate of drug-likeness (QED) is 0.807. The predicted octanol–water partition coefficient (Wildman–Crippen LogP) is 2.51. The van der Waals surface area contributed by atoms with Crippen molar-refractivity contribution in [2.45, 2.75) is 24.6 Å². The summed E-state index contributed by atoms with van der Waals surface area (Å²) in [5, 5.41) is 8.51. The maximum atomic E-state index is 12.3. The highest BCUT2D eigenvalue weighted by atomic mass is 32.2. The molecule has 0 atom stereocenters. The molecular formula is C12H13F3N2O3S. The van der Waals surface area contributed by atoms with Gasteiger partial charge in [-0.1, -0.05) is 19.1 Å². The third-order valence-corrected chi connectivity index (χ3v) is 4.53. The van der Waals surface area contributed by atoms with E-state index in [0.717, 1.165) is 16.4 Å². The van der Waals surface area contributed by atoms with Gasteiger partial charge in [-0.2, -0.15) is 9.57 Å². The molecule has 0 amide bonds. The second-order valence-corrected chi connectivity index (χ2v) is 5.81. The summed E-state index contributed by atoms with van der Waals surface area (Å²) >= 11 is 0. The lowest BCUT2D eigenvalue weighted by molar-refractivity contribution is -0.275. The van der Waals surface area contributed by atoms with E-state index in [0.29, 0.717) is 0 Å². The van der Waals surface area contributed by atoms with Crippen molar-refractivity contribution < 1.29 is 26.3 Å². The monoisotopic (exact) mass is 322 g/mol. The minimum atomic E-state index is -4.99. The van der Waals surface area contributed by atoms with E-state index in [2.05, 4.69) is 4.74 Å². The Morgan fingerprint density at radius 3 is 2.48 bits per heavy atom. The van der Waals surface area contributed by atoms with Crippen LogP contribution in [0.2, 0.25) is 0 Å². The molecule has 0 heterocycles. The predicted molar refractivity (Wildman–Crippen MR) is 67.8 cm³/mol. The Morgan fingerprint density at radius 1 is 1.33 bits per heavy atom. The SMILES string of the molecule is CCN(CCC#N)S(=O)(=O)c1ccccc1OC(F)(F)F. The smallest absolute Gasteiger partial charge is 0.404 e. The van der Waals surface area contributed by atoms with Gasteiger partial charge in [-0.25, -0.2) is 8.42 Å². The normalized spacial score (nSPS) is 12.2. The van der Waals surface area contributed by atoms with Crippen LogP contribution in [0.5, 0.6) is 5.75 Å². The molecule has 0 bridgehead atoms. The topological polar surface area (TPSA) is 70.4 Å². The third kappa shape index (κ3) is 4.61. The molecule has 0 fully saturated rings. The summed E-state index contributed by atoms with van der Waals surface area (Å²) < 4.78 is 66.3. The van der Waals surface area contributed by atoms with Crippen molar-refractivity contribution in [2.24, 2.45) is 0 Å². The number of nitrogens with zero attached hydrogens (tertiary/aromatic N) is 2. The zero-order valence-corrected chi connectivity index (χ0v) is 11.9. The van der Waals surface area contributed by atoms with Gasteiger partial charge >= 0.3 is 6.36 Å². The van der Waals surface area contributed by atoms with Gasteiger partial charge in [0.05, 0.1) is 6.07 Å². The highest BCUT2D eigenvalue weighted by molar-refractivity contribution is 7.89. The van der Waals surface area contributed by atoms with Gasteiger partial charge in [0.1, 0.15) is 10.6 Å². The van der Waals surface area contributed by atoms with Crippen LogP contribution >= 0.6 is 0 Å². The van der Waals surface area contributed by atoms with Crippen molar-refractivity contribution in [1.82, 2.24) is 4.31 Å². The van der Waals surface area contributed by atoms with Crippen LogP contribution in [0.4, 0.5) is 13.2 Å². The molecule has 1 rings (SSSR count). The molecule has 5 nitrogen and oxygen atoms in total. The van der Waals surface area contributed by atoms with Crippen molar-refractivity contribution in [3.8, 4) is 11.8 Å². The first-order chi connectivity index (χ1) is 9.72. The standard InChI is InChI=1S/C12H13F3N2O3S/c1-2-17(9-5-8-16)21(18,19)11-7-4-3-6-10(11)20-12(13,14)15/h3-4,6-7H,2,5,9H2,1H3. The molecule has 0 aliphatic carbocycles. The first-order valence-electron chi connectivity index (χ1n) is 5.94. The fourth-order valence-electron chi connectivity index (χ4n) is 1.63. The summed E-state index contributed by atoms with van der Waals surface area (Å²) in [5.74, 6) is -0.791. The van der Waals surface area contributed by atoms with Gasteiger partial charge in [-0.15, -0.1) is 13.2 Å². The largest absolute Gasteiger partial charge is 0.573 e. The number of ether oxygens (including phenoxy) is 1. The minimum absolute atomic E-state index is 0.0321. The Kier molecular flexibility index (Phi) is 5.57. The molecule has 0 aliphatic heterocycles. The van der Waals surface area contributed by atoms with Gasteiger partial charge in [0.2, 0.25) is 10.0 Å². The van der Waals surface area contributed by atoms with E-state index >= 15 is 0 Å². The molecule has 0 saturated carbocycles. The van der Waals surface area contributed by atoms with Crippen LogP contribution in [0.1, 0.15) is 13.3 Å². The summed E-state index contributed by atoms with van der Waals surface area (Å²) in [4.78, 5) is -0.581. The third-order valence-electron chi connectivity index (χ3n) is 2.52. The molecular weight excluding hydrogens is 309 g/mol. The number of para-hydroxylation sites is 1. The van der Waals surface area contributed by atoms with Crippen LogP contribution in [0, 0.1) is 11.3 Å². The lowest BCUT2D eigenvalue weighted by atomic mass is 10.3. The van der Waals surface area contributed by atoms with Crippen molar-refractivity contribution in [3.63, 3.8) is 0 Å². The maximum absolute atomic E-state index is 12.3. The fourth-order valence-corrected chi connectivity index (χ4v) is 3.20. The molecule has 1 aromatic carbocycles. The molecule has 116 valence electrons. The zero-order valence-electron chi connectivity index (χ0n) is 11.1. The highest BCUT2D eigenvalue weighted by Crippen LogP contribution is 2.31. The van der Waals surface area contributed by atoms with Crippen molar-refractivity contribution >= 4 is 10.0 Å². The first kappa shape index (κ1) is 17.3. The molecule has 9 heteroatoms. The minimum Gasteiger partial charge on any atom is -0.404 e. The lowest BCUT2D eigenvalue weighted by Gasteiger charge is -2.21. The molecule has 21 heavy (non-hydrogen) atoms. The maximum Gasteiger partial charge on any atom is 0.573 e. The average Bonchev–Trinajstić information content (AvgIpc) is 2.38. The molecule has 0 spiro atoms. The van der Waals surface area contributed by atoms with Crippen LogP contribution in [0.25, 0.3) is 0 Å². The Hall–Kier alpha value is -1.79. The van der Waals surface area contributed by atoms with E-state index in [1.807, 2.05) is 0 Å². The van der Waals surface area contributed by atoms with Crippen LogP contribution in [0.3, 0.4) is 0 Å². The number of benzene rings is 1. The Balaban J connectivity index is 3.22. The van der Waals surface area contributed by atoms with Crippen LogP contribution < -0.4 is 4.74 Å². The van der Waals surface area contributed by atoms with E-state index in [4.69, 9.17) is 5.26 Å². The molecule has 0 saturated heterocycles. The van der Waals surface area contributed by atoms with E-state index in [9.17, 15) is 21.6 Å². The Bertz CT molecular complexity index is 623. The van der Waals surface area contributed by atoms with Crippen molar-refractivity contribution in [3.05, 3.63) is 24.3 Å². The van der Waals surface area contributed by atoms with Gasteiger partial charge in [0, 0.05) is 19.5 Å². The van der Waals surface area contributed by atoms with Gasteiger partial charge < -0.3 is 4.74 Å². The van der Waals surface area contributed by atoms with Crippen LogP contribution in [0.15, 0.2) is 29.2 Å². The Morgan fingerprint density at radius 2 is 1.95 bits per heavy atom. The summed E-state index contributed by atoms with van der Waals surface area (Å²) in [7, 11) is -4.17. The van der Waals surface area contributed by atoms with Gasteiger partial charge in [0.15, 0.2) is 0 Å². The molecule has 0 unspecified atom stereocenters. The number of sulfonamides is 1. The molecule has 1 aromatic rings. The number of nitriles is 1. The number of rotatable bonds is 6. The lowest BCUT2D eigenvalue weighted by Crippen LogP contribution is -2.32. The van der Waals surface area contributed by atoms with Crippen LogP contribution in [-0.4, -0.2) is 32.2 Å². The van der Waals surface area contributed by atoms with Gasteiger partial charge in [-0.05, 0) is 12.1 Å². The first-order valence-corrected chi connectivity index (χ1v) is 7.38. The van der Waals surface area contributed by atoms with E-state index < -0.39 is 27.0 Å². The van der Waals surface area contributed by atoms with Crippen molar-refractivity contribution in [2.75, 3.05) is 13.1 Å². The molecule has 0 aliphatic rings. The average molecular weight is 322 g/mol. The van der Waals surface area contributed by atoms with E-state index in [1.165, 1.54) is 19.1 Å². The summed E-state index contributed by atoms with van der Waals surface area (Å²) in [6.07, 6.45) is -5.05. The summed E-state index contributed by atoms with van der Waals surface area (Å²) in [6.45, 7) is 1.46. The number of hydrogen-bond donors (Lipinski definition) is 0. The van der Waals surface area contributed by atoms with Gasteiger partial charge in [0.25, 0.3) is 0 Å². The molecule has 0 aromatic heterocycles. The Labute approximate surface area is 120 Å². The second-order valence-electron chi connectivity index (χ2n) is 3.90. The fraction of sp³-hybridized carbons (Fsp3) is 0.417. The summed E-state index contributed by atoms with van der Waals surface area (Å²) in [5.41, 5.74) is 0. The zero-order chi connectivity index (χ0) is 16.1. The molecule has 0 N–H and O–H groups in total. The highest BCUT2D eigenvalue weighted by Gasteiger charge is 2.35. The van der Waals surface area contributed by atoms with Crippen LogP contribution in [-0.2, 0) is 10.0 Å². The van der Waals surface area contributed by atoms with Crippen molar-refractivity contribution in [1.29, 1.82) is 5.26 Å². The van der Waals surface area contributed by atoms with E-state index in [1.54, 1.807) is 6.07 Å². The second kappa shape index (κ2) is 6.78. The number of halogens is 3. The summed E-state index contributed by atoms with van der Waals surface area (Å²) in [6, 6.07) is 6.30. The number of hydrogen-bond acceptors (Lipinski definition) is 4. The number of alkyl halides is 3. The van der Waals surface area contributed by atoms with Gasteiger partial charge in [-0.3, -0.25) is 0 Å².